The van der Waals surface area contributed by atoms with Gasteiger partial charge in [0.1, 0.15) is 0 Å². The van der Waals surface area contributed by atoms with Gasteiger partial charge in [-0.2, -0.15) is 0 Å². The van der Waals surface area contributed by atoms with Gasteiger partial charge in [-0.05, 0) is 30.5 Å². The normalized spacial score (nSPS) is 15.8. The van der Waals surface area contributed by atoms with Crippen molar-refractivity contribution in [3.8, 4) is 0 Å². The Labute approximate surface area is 106 Å². The smallest absolute Gasteiger partial charge is 0.0595 e. The van der Waals surface area contributed by atoms with E-state index < -0.39 is 0 Å². The molecule has 1 aliphatic carbocycles. The summed E-state index contributed by atoms with van der Waals surface area (Å²) in [5.41, 5.74) is 1.15. The molecule has 1 aliphatic rings. The van der Waals surface area contributed by atoms with Crippen LogP contribution in [0, 0.1) is 0 Å². The Morgan fingerprint density at radius 1 is 1.25 bits per heavy atom. The Bertz CT molecular complexity index is 366. The summed E-state index contributed by atoms with van der Waals surface area (Å²) in [6.45, 7) is 1.77. The number of aliphatic hydroxyl groups is 1. The van der Waals surface area contributed by atoms with Crippen LogP contribution in [-0.4, -0.2) is 29.2 Å². The van der Waals surface area contributed by atoms with Gasteiger partial charge < -0.3 is 5.11 Å². The Morgan fingerprint density at radius 2 is 2.00 bits per heavy atom. The quantitative estimate of drug-likeness (QED) is 0.879. The van der Waals surface area contributed by atoms with E-state index in [-0.39, 0.29) is 6.61 Å². The fourth-order valence-corrected chi connectivity index (χ4v) is 2.15. The van der Waals surface area contributed by atoms with Gasteiger partial charge in [-0.25, -0.2) is 0 Å². The number of rotatable bonds is 5. The van der Waals surface area contributed by atoms with E-state index in [1.165, 1.54) is 12.8 Å². The maximum Gasteiger partial charge on any atom is 0.0595 e. The zero-order valence-corrected chi connectivity index (χ0v) is 10.5. The number of aliphatic hydroxyl groups excluding tert-OH is 1. The molecule has 0 radical (unpaired) electrons. The molecule has 0 aliphatic heterocycles. The number of benzene rings is 1. The highest BCUT2D eigenvalue weighted by atomic mass is 35.5. The highest BCUT2D eigenvalue weighted by molar-refractivity contribution is 6.42. The second-order valence-electron chi connectivity index (χ2n) is 4.17. The molecule has 1 aromatic rings. The van der Waals surface area contributed by atoms with E-state index in [0.717, 1.165) is 18.7 Å². The van der Waals surface area contributed by atoms with Crippen molar-refractivity contribution in [3.63, 3.8) is 0 Å². The zero-order valence-electron chi connectivity index (χ0n) is 9.00. The lowest BCUT2D eigenvalue weighted by molar-refractivity contribution is 0.183. The van der Waals surface area contributed by atoms with E-state index in [4.69, 9.17) is 28.3 Å². The van der Waals surface area contributed by atoms with Crippen LogP contribution in [0.25, 0.3) is 0 Å². The standard InChI is InChI=1S/C12H15Cl2NO/c13-11-4-1-9(7-12(11)14)8-15(5-6-16)10-2-3-10/h1,4,7,10,16H,2-3,5-6,8H2. The minimum absolute atomic E-state index is 0.206. The maximum atomic E-state index is 9.00. The molecule has 0 spiro atoms. The Balaban J connectivity index is 2.03. The van der Waals surface area contributed by atoms with Crippen molar-refractivity contribution < 1.29 is 5.11 Å². The zero-order chi connectivity index (χ0) is 11.5. The largest absolute Gasteiger partial charge is 0.395 e. The third-order valence-corrected chi connectivity index (χ3v) is 3.56. The van der Waals surface area contributed by atoms with Crippen LogP contribution in [0.5, 0.6) is 0 Å². The van der Waals surface area contributed by atoms with Crippen LogP contribution in [0.1, 0.15) is 18.4 Å². The summed E-state index contributed by atoms with van der Waals surface area (Å²) in [6.07, 6.45) is 2.47. The van der Waals surface area contributed by atoms with Crippen LogP contribution >= 0.6 is 23.2 Å². The van der Waals surface area contributed by atoms with Gasteiger partial charge in [-0.3, -0.25) is 4.90 Å². The van der Waals surface area contributed by atoms with Gasteiger partial charge in [-0.1, -0.05) is 29.3 Å². The summed E-state index contributed by atoms with van der Waals surface area (Å²) in [4.78, 5) is 2.29. The van der Waals surface area contributed by atoms with E-state index in [1.54, 1.807) is 0 Å². The van der Waals surface area contributed by atoms with Crippen molar-refractivity contribution in [3.05, 3.63) is 33.8 Å². The first kappa shape index (κ1) is 12.2. The molecule has 0 unspecified atom stereocenters. The van der Waals surface area contributed by atoms with Gasteiger partial charge >= 0.3 is 0 Å². The third kappa shape index (κ3) is 3.11. The van der Waals surface area contributed by atoms with Gasteiger partial charge in [0, 0.05) is 19.1 Å². The fraction of sp³-hybridized carbons (Fsp3) is 0.500. The van der Waals surface area contributed by atoms with E-state index in [0.29, 0.717) is 16.1 Å². The van der Waals surface area contributed by atoms with E-state index >= 15 is 0 Å². The molecule has 2 nitrogen and oxygen atoms in total. The lowest BCUT2D eigenvalue weighted by Gasteiger charge is -2.20. The van der Waals surface area contributed by atoms with Crippen molar-refractivity contribution in [1.82, 2.24) is 4.90 Å². The molecule has 0 bridgehead atoms. The molecule has 0 amide bonds. The first-order valence-corrected chi connectivity index (χ1v) is 6.25. The third-order valence-electron chi connectivity index (χ3n) is 2.82. The molecule has 1 aromatic carbocycles. The lowest BCUT2D eigenvalue weighted by atomic mass is 10.2. The summed E-state index contributed by atoms with van der Waals surface area (Å²) in [6, 6.07) is 6.35. The van der Waals surface area contributed by atoms with Crippen LogP contribution < -0.4 is 0 Å². The number of nitrogens with zero attached hydrogens (tertiary/aromatic N) is 1. The molecule has 1 N–H and O–H groups in total. The summed E-state index contributed by atoms with van der Waals surface area (Å²) in [7, 11) is 0. The molecule has 2 rings (SSSR count). The SMILES string of the molecule is OCCN(Cc1ccc(Cl)c(Cl)c1)C1CC1. The molecular formula is C12H15Cl2NO. The molecule has 88 valence electrons. The van der Waals surface area contributed by atoms with Crippen LogP contribution in [0.4, 0.5) is 0 Å². The van der Waals surface area contributed by atoms with Gasteiger partial charge in [0.15, 0.2) is 0 Å². The molecule has 16 heavy (non-hydrogen) atoms. The van der Waals surface area contributed by atoms with Crippen molar-refractivity contribution >= 4 is 23.2 Å². The number of hydrogen-bond acceptors (Lipinski definition) is 2. The van der Waals surface area contributed by atoms with Crippen molar-refractivity contribution in [2.24, 2.45) is 0 Å². The van der Waals surface area contributed by atoms with Gasteiger partial charge in [0.05, 0.1) is 16.7 Å². The Morgan fingerprint density at radius 3 is 2.56 bits per heavy atom. The number of hydrogen-bond donors (Lipinski definition) is 1. The number of halogens is 2. The Hall–Kier alpha value is -0.280. The molecule has 4 heteroatoms. The van der Waals surface area contributed by atoms with Gasteiger partial charge in [0.2, 0.25) is 0 Å². The van der Waals surface area contributed by atoms with E-state index in [9.17, 15) is 0 Å². The summed E-state index contributed by atoms with van der Waals surface area (Å²) < 4.78 is 0. The molecule has 1 fully saturated rings. The molecule has 0 atom stereocenters. The van der Waals surface area contributed by atoms with Crippen LogP contribution in [0.15, 0.2) is 18.2 Å². The van der Waals surface area contributed by atoms with Crippen molar-refractivity contribution in [2.75, 3.05) is 13.2 Å². The fourth-order valence-electron chi connectivity index (χ4n) is 1.83. The van der Waals surface area contributed by atoms with Gasteiger partial charge in [-0.15, -0.1) is 0 Å². The average Bonchev–Trinajstić information content (AvgIpc) is 3.06. The molecule has 0 aromatic heterocycles. The first-order valence-electron chi connectivity index (χ1n) is 5.49. The van der Waals surface area contributed by atoms with E-state index in [2.05, 4.69) is 4.90 Å². The highest BCUT2D eigenvalue weighted by Gasteiger charge is 2.28. The monoisotopic (exact) mass is 259 g/mol. The summed E-state index contributed by atoms with van der Waals surface area (Å²) >= 11 is 11.8. The summed E-state index contributed by atoms with van der Waals surface area (Å²) in [5.74, 6) is 0. The van der Waals surface area contributed by atoms with Crippen LogP contribution in [0.2, 0.25) is 10.0 Å². The first-order chi connectivity index (χ1) is 7.70. The van der Waals surface area contributed by atoms with Crippen molar-refractivity contribution in [2.45, 2.75) is 25.4 Å². The minimum atomic E-state index is 0.206. The van der Waals surface area contributed by atoms with Gasteiger partial charge in [0.25, 0.3) is 0 Å². The predicted molar refractivity (Wildman–Crippen MR) is 67.0 cm³/mol. The molecule has 0 saturated heterocycles. The average molecular weight is 260 g/mol. The highest BCUT2D eigenvalue weighted by Crippen LogP contribution is 2.29. The summed E-state index contributed by atoms with van der Waals surface area (Å²) in [5, 5.41) is 10.2. The lowest BCUT2D eigenvalue weighted by Crippen LogP contribution is -2.28. The van der Waals surface area contributed by atoms with Crippen LogP contribution in [-0.2, 0) is 6.54 Å². The topological polar surface area (TPSA) is 23.5 Å². The molecule has 0 heterocycles. The minimum Gasteiger partial charge on any atom is -0.395 e. The molecular weight excluding hydrogens is 245 g/mol. The van der Waals surface area contributed by atoms with Crippen LogP contribution in [0.3, 0.4) is 0 Å². The second-order valence-corrected chi connectivity index (χ2v) is 4.99. The second kappa shape index (κ2) is 5.37. The molecule has 1 saturated carbocycles. The van der Waals surface area contributed by atoms with E-state index in [1.807, 2.05) is 18.2 Å². The predicted octanol–water partition coefficient (Wildman–Crippen LogP) is 2.95. The Kier molecular flexibility index (Phi) is 4.09. The maximum absolute atomic E-state index is 9.00. The van der Waals surface area contributed by atoms with Crippen molar-refractivity contribution in [1.29, 1.82) is 0 Å².